The predicted molar refractivity (Wildman–Crippen MR) is 86.2 cm³/mol. The fraction of sp³-hybridized carbons (Fsp3) is 0.316. The average molecular weight is 294 g/mol. The summed E-state index contributed by atoms with van der Waals surface area (Å²) in [6.07, 6.45) is 3.18. The van der Waals surface area contributed by atoms with Gasteiger partial charge in [-0.1, -0.05) is 30.3 Å². The molecule has 0 atom stereocenters. The first-order chi connectivity index (χ1) is 10.8. The summed E-state index contributed by atoms with van der Waals surface area (Å²) in [6, 6.07) is 15.0. The van der Waals surface area contributed by atoms with E-state index < -0.39 is 0 Å². The molecule has 0 N–H and O–H groups in total. The minimum atomic E-state index is 0.341. The molecule has 0 aromatic heterocycles. The van der Waals surface area contributed by atoms with Crippen LogP contribution in [-0.2, 0) is 12.8 Å². The van der Waals surface area contributed by atoms with E-state index in [1.54, 1.807) is 0 Å². The number of rotatable bonds is 3. The Labute approximate surface area is 130 Å². The van der Waals surface area contributed by atoms with Crippen LogP contribution in [0.25, 0.3) is 0 Å². The highest BCUT2D eigenvalue weighted by atomic mass is 16.7. The molecule has 0 radical (unpaired) electrons. The quantitative estimate of drug-likeness (QED) is 0.812. The molecule has 0 spiro atoms. The van der Waals surface area contributed by atoms with Gasteiger partial charge >= 0.3 is 0 Å². The minimum absolute atomic E-state index is 0.341. The number of fused-ring (bicyclic) bond motifs is 2. The number of ether oxygens (including phenoxy) is 2. The maximum atomic E-state index is 5.56. The monoisotopic (exact) mass is 294 g/mol. The molecule has 2 aliphatic heterocycles. The lowest BCUT2D eigenvalue weighted by molar-refractivity contribution is -0.499. The number of nitrogens with zero attached hydrogens (tertiary/aromatic N) is 1. The molecule has 4 rings (SSSR count). The van der Waals surface area contributed by atoms with E-state index in [0.29, 0.717) is 6.79 Å². The van der Waals surface area contributed by atoms with Crippen LogP contribution in [0.5, 0.6) is 11.5 Å². The van der Waals surface area contributed by atoms with Gasteiger partial charge in [-0.2, -0.15) is 0 Å². The fourth-order valence-electron chi connectivity index (χ4n) is 3.32. The van der Waals surface area contributed by atoms with Crippen molar-refractivity contribution in [2.45, 2.75) is 19.3 Å². The summed E-state index contributed by atoms with van der Waals surface area (Å²) < 4.78 is 13.5. The van der Waals surface area contributed by atoms with Crippen molar-refractivity contribution in [1.82, 2.24) is 0 Å². The Morgan fingerprint density at radius 1 is 1.00 bits per heavy atom. The zero-order valence-electron chi connectivity index (χ0n) is 12.8. The Bertz CT molecular complexity index is 735. The summed E-state index contributed by atoms with van der Waals surface area (Å²) in [5.41, 5.74) is 5.50. The maximum absolute atomic E-state index is 5.56. The zero-order chi connectivity index (χ0) is 14.9. The Morgan fingerprint density at radius 3 is 2.59 bits per heavy atom. The van der Waals surface area contributed by atoms with E-state index in [4.69, 9.17) is 9.47 Å². The molecule has 0 amide bonds. The van der Waals surface area contributed by atoms with Gasteiger partial charge in [-0.15, -0.1) is 0 Å². The van der Waals surface area contributed by atoms with Gasteiger partial charge in [0, 0.05) is 18.4 Å². The highest BCUT2D eigenvalue weighted by molar-refractivity contribution is 5.99. The molecule has 0 bridgehead atoms. The molecule has 0 unspecified atom stereocenters. The summed E-state index contributed by atoms with van der Waals surface area (Å²) in [6.45, 7) is 1.41. The van der Waals surface area contributed by atoms with Crippen LogP contribution in [0.4, 0.5) is 0 Å². The van der Waals surface area contributed by atoms with Crippen LogP contribution < -0.4 is 9.47 Å². The van der Waals surface area contributed by atoms with E-state index in [1.165, 1.54) is 22.4 Å². The summed E-state index contributed by atoms with van der Waals surface area (Å²) in [5.74, 6) is 1.77. The first-order valence-corrected chi connectivity index (χ1v) is 7.85. The third kappa shape index (κ3) is 2.37. The molecular weight excluding hydrogens is 274 g/mol. The molecule has 2 aromatic rings. The van der Waals surface area contributed by atoms with Crippen LogP contribution >= 0.6 is 0 Å². The second-order valence-electron chi connectivity index (χ2n) is 5.97. The first-order valence-electron chi connectivity index (χ1n) is 7.85. The van der Waals surface area contributed by atoms with Gasteiger partial charge in [-0.25, -0.2) is 4.58 Å². The van der Waals surface area contributed by atoms with Gasteiger partial charge in [-0.3, -0.25) is 0 Å². The molecule has 2 aliphatic rings. The number of hydrogen-bond acceptors (Lipinski definition) is 2. The van der Waals surface area contributed by atoms with E-state index in [1.807, 2.05) is 0 Å². The number of aryl methyl sites for hydroxylation is 1. The van der Waals surface area contributed by atoms with E-state index in [-0.39, 0.29) is 0 Å². The molecule has 112 valence electrons. The van der Waals surface area contributed by atoms with E-state index in [2.05, 4.69) is 54.1 Å². The van der Waals surface area contributed by atoms with Gasteiger partial charge in [0.25, 0.3) is 0 Å². The molecule has 0 fully saturated rings. The average Bonchev–Trinajstić information content (AvgIpc) is 3.00. The molecule has 3 nitrogen and oxygen atoms in total. The van der Waals surface area contributed by atoms with Gasteiger partial charge in [0.05, 0.1) is 0 Å². The molecule has 2 aromatic carbocycles. The predicted octanol–water partition coefficient (Wildman–Crippen LogP) is 3.04. The van der Waals surface area contributed by atoms with Gasteiger partial charge < -0.3 is 9.47 Å². The number of benzene rings is 2. The lowest BCUT2D eigenvalue weighted by Crippen LogP contribution is -2.27. The summed E-state index contributed by atoms with van der Waals surface area (Å²) >= 11 is 0. The molecule has 22 heavy (non-hydrogen) atoms. The molecule has 0 aliphatic carbocycles. The third-order valence-corrected chi connectivity index (χ3v) is 4.58. The zero-order valence-corrected chi connectivity index (χ0v) is 12.8. The highest BCUT2D eigenvalue weighted by Gasteiger charge is 2.27. The number of hydrogen-bond donors (Lipinski definition) is 0. The van der Waals surface area contributed by atoms with Gasteiger partial charge in [-0.05, 0) is 29.7 Å². The Hall–Kier alpha value is -2.29. The Morgan fingerprint density at radius 2 is 1.77 bits per heavy atom. The van der Waals surface area contributed by atoms with Crippen molar-refractivity contribution < 1.29 is 14.0 Å². The van der Waals surface area contributed by atoms with Crippen molar-refractivity contribution in [3.63, 3.8) is 0 Å². The molecule has 3 heteroatoms. The van der Waals surface area contributed by atoms with Crippen LogP contribution in [0.2, 0.25) is 0 Å². The molecule has 0 saturated heterocycles. The van der Waals surface area contributed by atoms with Gasteiger partial charge in [0.1, 0.15) is 13.6 Å². The lowest BCUT2D eigenvalue weighted by Gasteiger charge is -2.17. The van der Waals surface area contributed by atoms with E-state index in [9.17, 15) is 0 Å². The van der Waals surface area contributed by atoms with Gasteiger partial charge in [0.2, 0.25) is 6.79 Å². The summed E-state index contributed by atoms with van der Waals surface area (Å²) in [7, 11) is 2.19. The molecule has 0 saturated carbocycles. The van der Waals surface area contributed by atoms with Crippen LogP contribution in [0, 0.1) is 0 Å². The van der Waals surface area contributed by atoms with Crippen LogP contribution in [0.3, 0.4) is 0 Å². The van der Waals surface area contributed by atoms with Crippen LogP contribution in [0.1, 0.15) is 23.1 Å². The van der Waals surface area contributed by atoms with E-state index in [0.717, 1.165) is 37.3 Å². The lowest BCUT2D eigenvalue weighted by atomic mass is 9.92. The topological polar surface area (TPSA) is 21.5 Å². The fourth-order valence-corrected chi connectivity index (χ4v) is 3.32. The van der Waals surface area contributed by atoms with Crippen molar-refractivity contribution in [2.24, 2.45) is 0 Å². The standard InChI is InChI=1S/C19H20NO2/c1-20-10-9-15-11-18-19(22-13-21-18)12-16(15)17(20)8-7-14-5-3-2-4-6-14/h2-6,11-12H,7-10,13H2,1H3/q+1. The summed E-state index contributed by atoms with van der Waals surface area (Å²) in [5, 5.41) is 0. The second-order valence-corrected chi connectivity index (χ2v) is 5.97. The first kappa shape index (κ1) is 13.4. The van der Waals surface area contributed by atoms with Crippen molar-refractivity contribution in [1.29, 1.82) is 0 Å². The van der Waals surface area contributed by atoms with Crippen molar-refractivity contribution in [3.8, 4) is 11.5 Å². The number of likely N-dealkylation sites (N-methyl/N-ethyl adjacent to an activating group) is 1. The largest absolute Gasteiger partial charge is 0.454 e. The van der Waals surface area contributed by atoms with E-state index >= 15 is 0 Å². The molecule has 2 heterocycles. The smallest absolute Gasteiger partial charge is 0.231 e. The maximum Gasteiger partial charge on any atom is 0.231 e. The van der Waals surface area contributed by atoms with Crippen molar-refractivity contribution >= 4 is 5.71 Å². The van der Waals surface area contributed by atoms with Crippen LogP contribution in [-0.4, -0.2) is 30.7 Å². The van der Waals surface area contributed by atoms with Crippen molar-refractivity contribution in [3.05, 3.63) is 59.2 Å². The summed E-state index contributed by atoms with van der Waals surface area (Å²) in [4.78, 5) is 0. The van der Waals surface area contributed by atoms with Gasteiger partial charge in [0.15, 0.2) is 17.2 Å². The molecular formula is C19H20NO2+. The SMILES string of the molecule is C[N+]1=C(CCc2ccccc2)c2cc3c(cc2CC1)OCO3. The minimum Gasteiger partial charge on any atom is -0.454 e. The third-order valence-electron chi connectivity index (χ3n) is 4.58. The second kappa shape index (κ2) is 5.48. The van der Waals surface area contributed by atoms with Crippen molar-refractivity contribution in [2.75, 3.05) is 20.4 Å². The Balaban J connectivity index is 1.64. The normalized spacial score (nSPS) is 15.9. The highest BCUT2D eigenvalue weighted by Crippen LogP contribution is 2.36. The Kier molecular flexibility index (Phi) is 3.34. The van der Waals surface area contributed by atoms with Crippen LogP contribution in [0.15, 0.2) is 42.5 Å².